The first-order valence-electron chi connectivity index (χ1n) is 8.33. The molecule has 1 aromatic rings. The van der Waals surface area contributed by atoms with Crippen LogP contribution in [0.4, 0.5) is 0 Å². The van der Waals surface area contributed by atoms with Crippen LogP contribution in [0.5, 0.6) is 0 Å². The molecule has 1 aliphatic heterocycles. The van der Waals surface area contributed by atoms with Crippen LogP contribution in [0.15, 0.2) is 30.3 Å². The van der Waals surface area contributed by atoms with E-state index in [4.69, 9.17) is 5.73 Å². The maximum absolute atomic E-state index is 12.7. The summed E-state index contributed by atoms with van der Waals surface area (Å²) in [7, 11) is 0. The lowest BCUT2D eigenvalue weighted by Crippen LogP contribution is -2.51. The summed E-state index contributed by atoms with van der Waals surface area (Å²) >= 11 is 0. The molecule has 0 spiro atoms. The van der Waals surface area contributed by atoms with Gasteiger partial charge in [-0.05, 0) is 30.4 Å². The third-order valence-electron chi connectivity index (χ3n) is 4.39. The minimum Gasteiger partial charge on any atom is -0.344 e. The number of amides is 2. The predicted octanol–water partition coefficient (Wildman–Crippen LogP) is 1.18. The Hall–Kier alpha value is -1.88. The minimum absolute atomic E-state index is 0.0114. The van der Waals surface area contributed by atoms with Crippen LogP contribution in [0.2, 0.25) is 0 Å². The van der Waals surface area contributed by atoms with Gasteiger partial charge in [0, 0.05) is 13.1 Å². The summed E-state index contributed by atoms with van der Waals surface area (Å²) in [6, 6.07) is 9.09. The number of hydrogen-bond acceptors (Lipinski definition) is 3. The topological polar surface area (TPSA) is 75.4 Å². The summed E-state index contributed by atoms with van der Waals surface area (Å²) in [5.41, 5.74) is 6.64. The van der Waals surface area contributed by atoms with Gasteiger partial charge in [0.25, 0.3) is 0 Å². The van der Waals surface area contributed by atoms with Crippen molar-refractivity contribution in [3.05, 3.63) is 35.9 Å². The number of nitrogens with two attached hydrogens (primary N) is 1. The summed E-state index contributed by atoms with van der Waals surface area (Å²) in [5.74, 6) is 0.334. The molecule has 0 aromatic heterocycles. The average molecular weight is 317 g/mol. The third-order valence-corrected chi connectivity index (χ3v) is 4.39. The van der Waals surface area contributed by atoms with E-state index in [2.05, 4.69) is 5.32 Å². The molecule has 5 heteroatoms. The summed E-state index contributed by atoms with van der Waals surface area (Å²) in [6.07, 6.45) is 1.24. The molecule has 1 heterocycles. The fraction of sp³-hybridized carbons (Fsp3) is 0.556. The number of carbonyl (C=O) groups excluding carboxylic acids is 2. The van der Waals surface area contributed by atoms with Crippen LogP contribution >= 0.6 is 0 Å². The highest BCUT2D eigenvalue weighted by atomic mass is 16.2. The number of benzene rings is 1. The van der Waals surface area contributed by atoms with Crippen molar-refractivity contribution in [2.45, 2.75) is 32.7 Å². The van der Waals surface area contributed by atoms with Gasteiger partial charge in [0.2, 0.25) is 11.8 Å². The predicted molar refractivity (Wildman–Crippen MR) is 90.7 cm³/mol. The lowest BCUT2D eigenvalue weighted by Gasteiger charge is -2.27. The highest BCUT2D eigenvalue weighted by molar-refractivity contribution is 5.88. The average Bonchev–Trinajstić information content (AvgIpc) is 3.02. The Labute approximate surface area is 138 Å². The van der Waals surface area contributed by atoms with E-state index < -0.39 is 6.04 Å². The van der Waals surface area contributed by atoms with Gasteiger partial charge in [-0.1, -0.05) is 44.2 Å². The lowest BCUT2D eigenvalue weighted by atomic mass is 10.0. The number of nitrogens with one attached hydrogen (secondary N) is 1. The van der Waals surface area contributed by atoms with Gasteiger partial charge in [-0.3, -0.25) is 9.59 Å². The zero-order valence-electron chi connectivity index (χ0n) is 14.0. The van der Waals surface area contributed by atoms with Crippen LogP contribution in [0, 0.1) is 11.8 Å². The molecule has 1 saturated heterocycles. The van der Waals surface area contributed by atoms with Gasteiger partial charge in [0.1, 0.15) is 6.04 Å². The van der Waals surface area contributed by atoms with Crippen LogP contribution < -0.4 is 11.1 Å². The second kappa shape index (κ2) is 8.11. The number of nitrogens with zero attached hydrogens (tertiary/aromatic N) is 1. The smallest absolute Gasteiger partial charge is 0.245 e. The van der Waals surface area contributed by atoms with Gasteiger partial charge in [0.05, 0.1) is 6.42 Å². The van der Waals surface area contributed by atoms with E-state index in [1.54, 1.807) is 0 Å². The Kier molecular flexibility index (Phi) is 6.16. The Morgan fingerprint density at radius 1 is 1.30 bits per heavy atom. The van der Waals surface area contributed by atoms with E-state index in [-0.39, 0.29) is 17.7 Å². The standard InChI is InChI=1S/C18H27N3O2/c1-13(2)17(18(23)21-9-8-15(11-19)12-21)20-16(22)10-14-6-4-3-5-7-14/h3-7,13,15,17H,8-12,19H2,1-2H3,(H,20,22). The van der Waals surface area contributed by atoms with E-state index >= 15 is 0 Å². The molecule has 126 valence electrons. The van der Waals surface area contributed by atoms with Crippen molar-refractivity contribution in [1.29, 1.82) is 0 Å². The molecule has 0 bridgehead atoms. The Morgan fingerprint density at radius 3 is 2.57 bits per heavy atom. The van der Waals surface area contributed by atoms with Crippen LogP contribution in [-0.4, -0.2) is 42.4 Å². The first-order chi connectivity index (χ1) is 11.0. The fourth-order valence-electron chi connectivity index (χ4n) is 2.94. The molecular weight excluding hydrogens is 290 g/mol. The molecule has 1 fully saturated rings. The van der Waals surface area contributed by atoms with Gasteiger partial charge >= 0.3 is 0 Å². The molecule has 0 aliphatic carbocycles. The van der Waals surface area contributed by atoms with Gasteiger partial charge in [-0.25, -0.2) is 0 Å². The lowest BCUT2D eigenvalue weighted by molar-refractivity contribution is -0.136. The van der Waals surface area contributed by atoms with Gasteiger partial charge in [0.15, 0.2) is 0 Å². The normalized spacial score (nSPS) is 19.0. The Balaban J connectivity index is 1.95. The highest BCUT2D eigenvalue weighted by Crippen LogP contribution is 2.18. The monoisotopic (exact) mass is 317 g/mol. The van der Waals surface area contributed by atoms with Crippen LogP contribution in [0.3, 0.4) is 0 Å². The largest absolute Gasteiger partial charge is 0.344 e. The molecule has 2 amide bonds. The molecule has 2 unspecified atom stereocenters. The van der Waals surface area contributed by atoms with Gasteiger partial charge in [-0.15, -0.1) is 0 Å². The molecule has 0 radical (unpaired) electrons. The fourth-order valence-corrected chi connectivity index (χ4v) is 2.94. The van der Waals surface area contributed by atoms with Crippen molar-refractivity contribution in [1.82, 2.24) is 10.2 Å². The third kappa shape index (κ3) is 4.79. The maximum Gasteiger partial charge on any atom is 0.245 e. The van der Waals surface area contributed by atoms with Crippen molar-refractivity contribution in [3.8, 4) is 0 Å². The van der Waals surface area contributed by atoms with E-state index in [0.717, 1.165) is 18.5 Å². The van der Waals surface area contributed by atoms with Crippen LogP contribution in [0.25, 0.3) is 0 Å². The molecule has 5 nitrogen and oxygen atoms in total. The molecule has 23 heavy (non-hydrogen) atoms. The van der Waals surface area contributed by atoms with Gasteiger partial charge in [-0.2, -0.15) is 0 Å². The first-order valence-corrected chi connectivity index (χ1v) is 8.33. The SMILES string of the molecule is CC(C)C(NC(=O)Cc1ccccc1)C(=O)N1CCC(CN)C1. The van der Waals surface area contributed by atoms with Crippen molar-refractivity contribution in [2.75, 3.05) is 19.6 Å². The summed E-state index contributed by atoms with van der Waals surface area (Å²) in [5, 5.41) is 2.91. The summed E-state index contributed by atoms with van der Waals surface area (Å²) in [4.78, 5) is 26.8. The molecule has 1 aromatic carbocycles. The van der Waals surface area contributed by atoms with Crippen molar-refractivity contribution in [3.63, 3.8) is 0 Å². The molecule has 1 aliphatic rings. The van der Waals surface area contributed by atoms with Crippen LogP contribution in [-0.2, 0) is 16.0 Å². The Bertz CT molecular complexity index is 530. The molecular formula is C18H27N3O2. The van der Waals surface area contributed by atoms with Crippen molar-refractivity contribution >= 4 is 11.8 Å². The zero-order valence-corrected chi connectivity index (χ0v) is 14.0. The molecule has 2 rings (SSSR count). The number of hydrogen-bond donors (Lipinski definition) is 2. The molecule has 2 atom stereocenters. The maximum atomic E-state index is 12.7. The summed E-state index contributed by atoms with van der Waals surface area (Å²) in [6.45, 7) is 5.96. The minimum atomic E-state index is -0.470. The first kappa shape index (κ1) is 17.5. The Morgan fingerprint density at radius 2 is 2.00 bits per heavy atom. The van der Waals surface area contributed by atoms with Crippen LogP contribution in [0.1, 0.15) is 25.8 Å². The number of rotatable bonds is 6. The van der Waals surface area contributed by atoms with E-state index in [1.807, 2.05) is 49.1 Å². The highest BCUT2D eigenvalue weighted by Gasteiger charge is 2.32. The van der Waals surface area contributed by atoms with Gasteiger partial charge < -0.3 is 16.0 Å². The van der Waals surface area contributed by atoms with E-state index in [0.29, 0.717) is 25.4 Å². The molecule has 3 N–H and O–H groups in total. The second-order valence-electron chi connectivity index (χ2n) is 6.63. The zero-order chi connectivity index (χ0) is 16.8. The second-order valence-corrected chi connectivity index (χ2v) is 6.63. The van der Waals surface area contributed by atoms with Crippen molar-refractivity contribution in [2.24, 2.45) is 17.6 Å². The van der Waals surface area contributed by atoms with E-state index in [1.165, 1.54) is 0 Å². The van der Waals surface area contributed by atoms with E-state index in [9.17, 15) is 9.59 Å². The number of likely N-dealkylation sites (tertiary alicyclic amines) is 1. The molecule has 0 saturated carbocycles. The quantitative estimate of drug-likeness (QED) is 0.827. The number of carbonyl (C=O) groups is 2. The van der Waals surface area contributed by atoms with Crippen molar-refractivity contribution < 1.29 is 9.59 Å². The summed E-state index contributed by atoms with van der Waals surface area (Å²) < 4.78 is 0.